The molecule has 2 heteroatoms. The first-order valence-electron chi connectivity index (χ1n) is 6.09. The summed E-state index contributed by atoms with van der Waals surface area (Å²) >= 11 is 0. The van der Waals surface area contributed by atoms with E-state index in [0.29, 0.717) is 10.8 Å². The highest BCUT2D eigenvalue weighted by atomic mass is 14.9. The SMILES string of the molecule is CC1(CNCC2(CN)CC2)CCCC1. The van der Waals surface area contributed by atoms with Crippen LogP contribution in [-0.4, -0.2) is 19.6 Å². The van der Waals surface area contributed by atoms with Crippen molar-refractivity contribution in [2.75, 3.05) is 19.6 Å². The van der Waals surface area contributed by atoms with E-state index in [1.54, 1.807) is 0 Å². The molecule has 0 amide bonds. The van der Waals surface area contributed by atoms with Crippen molar-refractivity contribution < 1.29 is 0 Å². The molecule has 0 spiro atoms. The molecule has 2 saturated carbocycles. The van der Waals surface area contributed by atoms with Crippen LogP contribution in [0.1, 0.15) is 45.4 Å². The third-order valence-electron chi connectivity index (χ3n) is 4.25. The topological polar surface area (TPSA) is 38.0 Å². The Morgan fingerprint density at radius 1 is 1.07 bits per heavy atom. The molecule has 2 fully saturated rings. The van der Waals surface area contributed by atoms with E-state index in [4.69, 9.17) is 5.73 Å². The molecule has 3 N–H and O–H groups in total. The van der Waals surface area contributed by atoms with E-state index in [0.717, 1.165) is 13.1 Å². The van der Waals surface area contributed by atoms with E-state index < -0.39 is 0 Å². The van der Waals surface area contributed by atoms with Crippen LogP contribution in [0.4, 0.5) is 0 Å². The van der Waals surface area contributed by atoms with E-state index in [1.165, 1.54) is 45.1 Å². The first-order valence-corrected chi connectivity index (χ1v) is 6.09. The average Bonchev–Trinajstić information content (AvgIpc) is 2.83. The van der Waals surface area contributed by atoms with Gasteiger partial charge < -0.3 is 11.1 Å². The van der Waals surface area contributed by atoms with Crippen molar-refractivity contribution >= 4 is 0 Å². The summed E-state index contributed by atoms with van der Waals surface area (Å²) in [7, 11) is 0. The van der Waals surface area contributed by atoms with E-state index in [9.17, 15) is 0 Å². The molecule has 0 saturated heterocycles. The molecule has 0 bridgehead atoms. The zero-order valence-electron chi connectivity index (χ0n) is 9.44. The molecule has 0 heterocycles. The Hall–Kier alpha value is -0.0800. The summed E-state index contributed by atoms with van der Waals surface area (Å²) < 4.78 is 0. The largest absolute Gasteiger partial charge is 0.330 e. The van der Waals surface area contributed by atoms with Crippen molar-refractivity contribution in [1.82, 2.24) is 5.32 Å². The van der Waals surface area contributed by atoms with Gasteiger partial charge in [0.2, 0.25) is 0 Å². The first kappa shape index (κ1) is 10.4. The van der Waals surface area contributed by atoms with Crippen LogP contribution in [0.2, 0.25) is 0 Å². The van der Waals surface area contributed by atoms with Gasteiger partial charge in [0, 0.05) is 13.1 Å². The molecular formula is C12H24N2. The summed E-state index contributed by atoms with van der Waals surface area (Å²) in [5.41, 5.74) is 6.84. The summed E-state index contributed by atoms with van der Waals surface area (Å²) in [5, 5.41) is 3.64. The molecule has 14 heavy (non-hydrogen) atoms. The lowest BCUT2D eigenvalue weighted by Gasteiger charge is -2.25. The van der Waals surface area contributed by atoms with E-state index in [1.807, 2.05) is 0 Å². The number of hydrogen-bond donors (Lipinski definition) is 2. The van der Waals surface area contributed by atoms with Crippen molar-refractivity contribution in [2.24, 2.45) is 16.6 Å². The maximum atomic E-state index is 5.76. The van der Waals surface area contributed by atoms with Gasteiger partial charge >= 0.3 is 0 Å². The van der Waals surface area contributed by atoms with Gasteiger partial charge in [0.25, 0.3) is 0 Å². The van der Waals surface area contributed by atoms with Gasteiger partial charge in [-0.2, -0.15) is 0 Å². The third kappa shape index (κ3) is 2.29. The van der Waals surface area contributed by atoms with Gasteiger partial charge in [-0.1, -0.05) is 19.8 Å². The van der Waals surface area contributed by atoms with Crippen molar-refractivity contribution in [1.29, 1.82) is 0 Å². The molecule has 2 rings (SSSR count). The van der Waals surface area contributed by atoms with Gasteiger partial charge in [-0.3, -0.25) is 0 Å². The molecule has 0 radical (unpaired) electrons. The molecule has 0 atom stereocenters. The predicted octanol–water partition coefficient (Wildman–Crippen LogP) is 1.90. The molecule has 2 nitrogen and oxygen atoms in total. The Morgan fingerprint density at radius 3 is 2.21 bits per heavy atom. The van der Waals surface area contributed by atoms with Gasteiger partial charge in [-0.25, -0.2) is 0 Å². The van der Waals surface area contributed by atoms with Gasteiger partial charge in [0.05, 0.1) is 0 Å². The van der Waals surface area contributed by atoms with E-state index in [-0.39, 0.29) is 0 Å². The summed E-state index contributed by atoms with van der Waals surface area (Å²) in [6.45, 7) is 5.65. The van der Waals surface area contributed by atoms with Crippen LogP contribution in [0.3, 0.4) is 0 Å². The highest BCUT2D eigenvalue weighted by molar-refractivity contribution is 4.96. The van der Waals surface area contributed by atoms with Gasteiger partial charge in [0.15, 0.2) is 0 Å². The Kier molecular flexibility index (Phi) is 2.85. The maximum Gasteiger partial charge on any atom is 0.00201 e. The molecule has 2 aliphatic rings. The van der Waals surface area contributed by atoms with Gasteiger partial charge in [-0.05, 0) is 43.1 Å². The first-order chi connectivity index (χ1) is 6.68. The molecule has 0 aliphatic heterocycles. The van der Waals surface area contributed by atoms with Gasteiger partial charge in [-0.15, -0.1) is 0 Å². The van der Waals surface area contributed by atoms with Crippen LogP contribution in [-0.2, 0) is 0 Å². The van der Waals surface area contributed by atoms with Crippen LogP contribution in [0, 0.1) is 10.8 Å². The lowest BCUT2D eigenvalue weighted by molar-refractivity contribution is 0.301. The van der Waals surface area contributed by atoms with Crippen molar-refractivity contribution in [2.45, 2.75) is 45.4 Å². The Balaban J connectivity index is 1.67. The average molecular weight is 196 g/mol. The number of rotatable bonds is 5. The Bertz CT molecular complexity index is 190. The van der Waals surface area contributed by atoms with Crippen LogP contribution in [0.15, 0.2) is 0 Å². The lowest BCUT2D eigenvalue weighted by atomic mass is 9.88. The fraction of sp³-hybridized carbons (Fsp3) is 1.00. The molecule has 2 aliphatic carbocycles. The third-order valence-corrected chi connectivity index (χ3v) is 4.25. The van der Waals surface area contributed by atoms with Crippen molar-refractivity contribution in [3.8, 4) is 0 Å². The van der Waals surface area contributed by atoms with Crippen LogP contribution < -0.4 is 11.1 Å². The maximum absolute atomic E-state index is 5.76. The van der Waals surface area contributed by atoms with Gasteiger partial charge in [0.1, 0.15) is 0 Å². The summed E-state index contributed by atoms with van der Waals surface area (Å²) in [5.74, 6) is 0. The minimum atomic E-state index is 0.495. The number of nitrogens with two attached hydrogens (primary N) is 1. The normalized spacial score (nSPS) is 27.9. The second-order valence-corrected chi connectivity index (χ2v) is 5.83. The zero-order chi connectivity index (χ0) is 10.1. The standard InChI is InChI=1S/C12H24N2/c1-11(4-2-3-5-11)9-14-10-12(8-13)6-7-12/h14H,2-10,13H2,1H3. The molecular weight excluding hydrogens is 172 g/mol. The summed E-state index contributed by atoms with van der Waals surface area (Å²) in [6.07, 6.45) is 8.37. The second kappa shape index (κ2) is 3.82. The number of hydrogen-bond acceptors (Lipinski definition) is 2. The van der Waals surface area contributed by atoms with Crippen molar-refractivity contribution in [3.63, 3.8) is 0 Å². The van der Waals surface area contributed by atoms with E-state index in [2.05, 4.69) is 12.2 Å². The Labute approximate surface area is 87.6 Å². The summed E-state index contributed by atoms with van der Waals surface area (Å²) in [6, 6.07) is 0. The molecule has 0 aromatic heterocycles. The van der Waals surface area contributed by atoms with Crippen LogP contribution >= 0.6 is 0 Å². The summed E-state index contributed by atoms with van der Waals surface area (Å²) in [4.78, 5) is 0. The highest BCUT2D eigenvalue weighted by Gasteiger charge is 2.41. The predicted molar refractivity (Wildman–Crippen MR) is 60.2 cm³/mol. The number of nitrogens with one attached hydrogen (secondary N) is 1. The van der Waals surface area contributed by atoms with E-state index >= 15 is 0 Å². The van der Waals surface area contributed by atoms with Crippen LogP contribution in [0.5, 0.6) is 0 Å². The quantitative estimate of drug-likeness (QED) is 0.705. The smallest absolute Gasteiger partial charge is 0.00201 e. The minimum absolute atomic E-state index is 0.495. The molecule has 0 aromatic rings. The second-order valence-electron chi connectivity index (χ2n) is 5.83. The molecule has 82 valence electrons. The molecule has 0 unspecified atom stereocenters. The lowest BCUT2D eigenvalue weighted by Crippen LogP contribution is -2.36. The minimum Gasteiger partial charge on any atom is -0.330 e. The zero-order valence-corrected chi connectivity index (χ0v) is 9.44. The molecule has 0 aromatic carbocycles. The van der Waals surface area contributed by atoms with Crippen molar-refractivity contribution in [3.05, 3.63) is 0 Å². The fourth-order valence-electron chi connectivity index (χ4n) is 2.66. The Morgan fingerprint density at radius 2 is 1.71 bits per heavy atom. The monoisotopic (exact) mass is 196 g/mol. The highest BCUT2D eigenvalue weighted by Crippen LogP contribution is 2.44. The fourth-order valence-corrected chi connectivity index (χ4v) is 2.66. The van der Waals surface area contributed by atoms with Crippen LogP contribution in [0.25, 0.3) is 0 Å².